The Hall–Kier alpha value is -3.59. The Balaban J connectivity index is 1.55. The smallest absolute Gasteiger partial charge is 0.219 e. The lowest BCUT2D eigenvalue weighted by atomic mass is 10.2. The molecule has 7 nitrogen and oxygen atoms in total. The first-order valence-electron chi connectivity index (χ1n) is 8.95. The highest BCUT2D eigenvalue weighted by molar-refractivity contribution is 7.90. The van der Waals surface area contributed by atoms with E-state index in [1.807, 2.05) is 6.07 Å². The summed E-state index contributed by atoms with van der Waals surface area (Å²) in [6.45, 7) is 0.400. The fourth-order valence-corrected chi connectivity index (χ4v) is 3.48. The second-order valence-corrected chi connectivity index (χ2v) is 8.60. The van der Waals surface area contributed by atoms with E-state index < -0.39 is 9.84 Å². The number of aromatic nitrogens is 3. The van der Waals surface area contributed by atoms with Crippen molar-refractivity contribution in [1.29, 1.82) is 0 Å². The van der Waals surface area contributed by atoms with Crippen LogP contribution in [0.25, 0.3) is 10.9 Å². The zero-order chi connectivity index (χ0) is 21.1. The third-order valence-corrected chi connectivity index (χ3v) is 5.44. The van der Waals surface area contributed by atoms with Gasteiger partial charge in [-0.2, -0.15) is 0 Å². The van der Waals surface area contributed by atoms with E-state index >= 15 is 0 Å². The molecule has 0 bridgehead atoms. The fraction of sp³-hybridized carbons (Fsp3) is 0.0952. The molecule has 0 aliphatic rings. The molecule has 0 aliphatic heterocycles. The molecule has 0 fully saturated rings. The average Bonchev–Trinajstić information content (AvgIpc) is 2.73. The van der Waals surface area contributed by atoms with Gasteiger partial charge in [0.25, 0.3) is 0 Å². The molecule has 4 aromatic rings. The highest BCUT2D eigenvalue weighted by Gasteiger charge is 2.11. The number of fused-ring (bicyclic) bond motifs is 1. The van der Waals surface area contributed by atoms with Gasteiger partial charge in [0.15, 0.2) is 9.84 Å². The Labute approximate surface area is 172 Å². The minimum Gasteiger partial charge on any atom is -0.439 e. The Kier molecular flexibility index (Phi) is 5.28. The third-order valence-electron chi connectivity index (χ3n) is 4.33. The van der Waals surface area contributed by atoms with E-state index in [1.54, 1.807) is 24.4 Å². The molecule has 0 aliphatic carbocycles. The molecule has 152 valence electrons. The maximum atomic E-state index is 13.0. The van der Waals surface area contributed by atoms with Crippen molar-refractivity contribution >= 4 is 26.6 Å². The summed E-state index contributed by atoms with van der Waals surface area (Å²) in [6.07, 6.45) is 4.18. The molecule has 30 heavy (non-hydrogen) atoms. The lowest BCUT2D eigenvalue weighted by molar-refractivity contribution is 0.460. The van der Waals surface area contributed by atoms with Crippen LogP contribution in [-0.2, 0) is 16.4 Å². The number of ether oxygens (including phenoxy) is 1. The highest BCUT2D eigenvalue weighted by atomic mass is 32.2. The average molecular weight is 424 g/mol. The summed E-state index contributed by atoms with van der Waals surface area (Å²) in [4.78, 5) is 12.8. The van der Waals surface area contributed by atoms with Crippen LogP contribution in [0.15, 0.2) is 72.0 Å². The van der Waals surface area contributed by atoms with Crippen molar-refractivity contribution in [3.8, 4) is 11.6 Å². The van der Waals surface area contributed by atoms with Gasteiger partial charge in [-0.1, -0.05) is 0 Å². The summed E-state index contributed by atoms with van der Waals surface area (Å²) in [5.41, 5.74) is 1.50. The van der Waals surface area contributed by atoms with Crippen molar-refractivity contribution in [3.05, 3.63) is 78.5 Å². The number of hydrogen-bond donors (Lipinski definition) is 1. The Bertz CT molecular complexity index is 1310. The number of halogens is 1. The zero-order valence-corrected chi connectivity index (χ0v) is 16.7. The number of benzene rings is 2. The predicted molar refractivity (Wildman–Crippen MR) is 111 cm³/mol. The van der Waals surface area contributed by atoms with Crippen molar-refractivity contribution in [2.75, 3.05) is 11.6 Å². The number of nitrogens with zero attached hydrogens (tertiary/aromatic N) is 3. The highest BCUT2D eigenvalue weighted by Crippen LogP contribution is 2.24. The normalized spacial score (nSPS) is 11.4. The van der Waals surface area contributed by atoms with Gasteiger partial charge in [-0.3, -0.25) is 0 Å². The fourth-order valence-electron chi connectivity index (χ4n) is 2.83. The van der Waals surface area contributed by atoms with Crippen LogP contribution >= 0.6 is 0 Å². The standard InChI is InChI=1S/C21H17FN4O3S/c1-30(27,28)17-6-7-19-18(11-17)21(26-13-25-19)24-12-14-8-9-23-20(10-14)29-16-4-2-15(22)3-5-16/h2-11,13H,12H2,1H3,(H,24,25,26). The number of hydrogen-bond acceptors (Lipinski definition) is 7. The molecule has 0 saturated heterocycles. The second kappa shape index (κ2) is 8.03. The number of sulfone groups is 1. The molecule has 4 rings (SSSR count). The van der Waals surface area contributed by atoms with Gasteiger partial charge in [-0.05, 0) is 54.1 Å². The summed E-state index contributed by atoms with van der Waals surface area (Å²) >= 11 is 0. The molecule has 9 heteroatoms. The molecular weight excluding hydrogens is 407 g/mol. The summed E-state index contributed by atoms with van der Waals surface area (Å²) in [6, 6.07) is 14.0. The van der Waals surface area contributed by atoms with Crippen LogP contribution in [0.3, 0.4) is 0 Å². The maximum Gasteiger partial charge on any atom is 0.219 e. The Morgan fingerprint density at radius 1 is 1.00 bits per heavy atom. The molecular formula is C21H17FN4O3S. The summed E-state index contributed by atoms with van der Waals surface area (Å²) in [5, 5.41) is 3.81. The van der Waals surface area contributed by atoms with Crippen LogP contribution in [0.4, 0.5) is 10.2 Å². The van der Waals surface area contributed by atoms with Gasteiger partial charge in [0.1, 0.15) is 23.7 Å². The zero-order valence-electron chi connectivity index (χ0n) is 15.9. The molecule has 2 aromatic heterocycles. The van der Waals surface area contributed by atoms with Gasteiger partial charge in [-0.15, -0.1) is 0 Å². The molecule has 0 amide bonds. The van der Waals surface area contributed by atoms with E-state index in [4.69, 9.17) is 4.74 Å². The van der Waals surface area contributed by atoms with Crippen LogP contribution in [0.1, 0.15) is 5.56 Å². The number of anilines is 1. The van der Waals surface area contributed by atoms with Gasteiger partial charge in [0, 0.05) is 30.4 Å². The van der Waals surface area contributed by atoms with Crippen LogP contribution < -0.4 is 10.1 Å². The van der Waals surface area contributed by atoms with E-state index in [1.165, 1.54) is 36.7 Å². The first-order valence-corrected chi connectivity index (χ1v) is 10.8. The van der Waals surface area contributed by atoms with E-state index in [9.17, 15) is 12.8 Å². The molecule has 0 atom stereocenters. The van der Waals surface area contributed by atoms with Crippen LogP contribution in [0.5, 0.6) is 11.6 Å². The minimum absolute atomic E-state index is 0.201. The lowest BCUT2D eigenvalue weighted by Crippen LogP contribution is -2.04. The van der Waals surface area contributed by atoms with Crippen LogP contribution in [-0.4, -0.2) is 29.6 Å². The molecule has 0 radical (unpaired) electrons. The molecule has 2 aromatic carbocycles. The number of nitrogens with one attached hydrogen (secondary N) is 1. The Morgan fingerprint density at radius 2 is 1.80 bits per heavy atom. The minimum atomic E-state index is -3.35. The quantitative estimate of drug-likeness (QED) is 0.500. The first-order chi connectivity index (χ1) is 14.4. The monoisotopic (exact) mass is 424 g/mol. The van der Waals surface area contributed by atoms with Crippen molar-refractivity contribution in [2.45, 2.75) is 11.4 Å². The SMILES string of the molecule is CS(=O)(=O)c1ccc2ncnc(NCc3ccnc(Oc4ccc(F)cc4)c3)c2c1. The van der Waals surface area contributed by atoms with Gasteiger partial charge in [-0.25, -0.2) is 27.8 Å². The number of pyridine rings is 1. The van der Waals surface area contributed by atoms with Crippen molar-refractivity contribution in [1.82, 2.24) is 15.0 Å². The number of rotatable bonds is 6. The summed E-state index contributed by atoms with van der Waals surface area (Å²) in [7, 11) is -3.35. The van der Waals surface area contributed by atoms with Gasteiger partial charge < -0.3 is 10.1 Å². The predicted octanol–water partition coefficient (Wildman–Crippen LogP) is 3.97. The van der Waals surface area contributed by atoms with Gasteiger partial charge in [0.2, 0.25) is 5.88 Å². The van der Waals surface area contributed by atoms with Crippen molar-refractivity contribution in [2.24, 2.45) is 0 Å². The van der Waals surface area contributed by atoms with Gasteiger partial charge in [0.05, 0.1) is 10.4 Å². The van der Waals surface area contributed by atoms with Crippen LogP contribution in [0.2, 0.25) is 0 Å². The second-order valence-electron chi connectivity index (χ2n) is 6.59. The summed E-state index contributed by atoms with van der Waals surface area (Å²) in [5.74, 6) is 1.02. The first kappa shape index (κ1) is 19.7. The van der Waals surface area contributed by atoms with Crippen LogP contribution in [0, 0.1) is 5.82 Å². The molecule has 2 heterocycles. The molecule has 0 saturated carbocycles. The molecule has 1 N–H and O–H groups in total. The lowest BCUT2D eigenvalue weighted by Gasteiger charge is -2.10. The van der Waals surface area contributed by atoms with E-state index in [2.05, 4.69) is 20.3 Å². The largest absolute Gasteiger partial charge is 0.439 e. The molecule has 0 unspecified atom stereocenters. The summed E-state index contributed by atoms with van der Waals surface area (Å²) < 4.78 is 42.4. The molecule has 0 spiro atoms. The van der Waals surface area contributed by atoms with E-state index in [0.717, 1.165) is 11.8 Å². The topological polar surface area (TPSA) is 94.1 Å². The third kappa shape index (κ3) is 4.52. The van der Waals surface area contributed by atoms with Crippen molar-refractivity contribution in [3.63, 3.8) is 0 Å². The van der Waals surface area contributed by atoms with E-state index in [-0.39, 0.29) is 10.7 Å². The maximum absolute atomic E-state index is 13.0. The van der Waals surface area contributed by atoms with E-state index in [0.29, 0.717) is 34.9 Å². The van der Waals surface area contributed by atoms with Gasteiger partial charge >= 0.3 is 0 Å². The Morgan fingerprint density at radius 3 is 2.57 bits per heavy atom. The van der Waals surface area contributed by atoms with Crippen molar-refractivity contribution < 1.29 is 17.5 Å².